The molecule has 0 radical (unpaired) electrons. The molecule has 0 fully saturated rings. The third kappa shape index (κ3) is 7.51. The van der Waals surface area contributed by atoms with Gasteiger partial charge in [0.15, 0.2) is 5.13 Å². The summed E-state index contributed by atoms with van der Waals surface area (Å²) < 4.78 is 5.17. The van der Waals surface area contributed by atoms with Crippen LogP contribution in [0.15, 0.2) is 34.8 Å². The molecule has 0 saturated carbocycles. The molecule has 0 aliphatic heterocycles. The Hall–Kier alpha value is -3.47. The van der Waals surface area contributed by atoms with E-state index in [9.17, 15) is 19.5 Å². The van der Waals surface area contributed by atoms with Gasteiger partial charge >= 0.3 is 12.1 Å². The van der Waals surface area contributed by atoms with Gasteiger partial charge in [0.1, 0.15) is 17.9 Å². The van der Waals surface area contributed by atoms with Crippen LogP contribution in [0.4, 0.5) is 9.93 Å². The highest BCUT2D eigenvalue weighted by atomic mass is 32.1. The minimum absolute atomic E-state index is 0.0418. The van der Waals surface area contributed by atoms with Crippen LogP contribution in [0.5, 0.6) is 0 Å². The predicted molar refractivity (Wildman–Crippen MR) is 110 cm³/mol. The van der Waals surface area contributed by atoms with Gasteiger partial charge < -0.3 is 25.3 Å². The van der Waals surface area contributed by atoms with Gasteiger partial charge in [-0.15, -0.1) is 11.3 Å². The molecule has 0 bridgehead atoms. The van der Waals surface area contributed by atoms with Gasteiger partial charge in [-0.2, -0.15) is 0 Å². The van der Waals surface area contributed by atoms with Gasteiger partial charge in [-0.05, 0) is 31.9 Å². The second-order valence-electron chi connectivity index (χ2n) is 6.99. The number of aliphatic carboxylic acids is 1. The van der Waals surface area contributed by atoms with Crippen molar-refractivity contribution in [1.82, 2.24) is 10.3 Å². The molecule has 11 heteroatoms. The molecule has 2 rings (SSSR count). The van der Waals surface area contributed by atoms with Gasteiger partial charge in [-0.25, -0.2) is 14.6 Å². The SMILES string of the molecule is CC(C)(C)OC(=O)NCc1ccc(CON=C(C(=O)O)c2csc(NC=O)n2)cc1. The van der Waals surface area contributed by atoms with Crippen molar-refractivity contribution >= 4 is 40.7 Å². The maximum Gasteiger partial charge on any atom is 0.407 e. The van der Waals surface area contributed by atoms with Crippen LogP contribution in [0.25, 0.3) is 0 Å². The standard InChI is InChI=1S/C19H22N4O6S/c1-19(2,3)29-18(27)20-8-12-4-6-13(7-5-12)9-28-23-15(16(25)26)14-10-30-17(22-14)21-11-24/h4-7,10-11H,8-9H2,1-3H3,(H,20,27)(H,25,26)(H,21,22,24). The molecule has 30 heavy (non-hydrogen) atoms. The number of carbonyl (C=O) groups is 3. The zero-order chi connectivity index (χ0) is 22.1. The van der Waals surface area contributed by atoms with Gasteiger partial charge in [-0.3, -0.25) is 4.79 Å². The van der Waals surface area contributed by atoms with Crippen molar-refractivity contribution in [3.63, 3.8) is 0 Å². The molecule has 1 aromatic heterocycles. The molecular weight excluding hydrogens is 412 g/mol. The summed E-state index contributed by atoms with van der Waals surface area (Å²) >= 11 is 1.07. The molecule has 160 valence electrons. The molecule has 10 nitrogen and oxygen atoms in total. The van der Waals surface area contributed by atoms with Crippen LogP contribution in [0.2, 0.25) is 0 Å². The molecule has 0 unspecified atom stereocenters. The van der Waals surface area contributed by atoms with Crippen molar-refractivity contribution < 1.29 is 29.1 Å². The number of amides is 2. The fourth-order valence-corrected chi connectivity index (χ4v) is 2.76. The summed E-state index contributed by atoms with van der Waals surface area (Å²) in [4.78, 5) is 42.6. The number of oxime groups is 1. The third-order valence-electron chi connectivity index (χ3n) is 3.38. The van der Waals surface area contributed by atoms with Crippen LogP contribution in [0.1, 0.15) is 37.6 Å². The van der Waals surface area contributed by atoms with E-state index in [1.54, 1.807) is 45.0 Å². The molecular formula is C19H22N4O6S. The summed E-state index contributed by atoms with van der Waals surface area (Å²) in [5, 5.41) is 19.7. The number of carboxylic acids is 1. The average Bonchev–Trinajstić information content (AvgIpc) is 3.11. The second-order valence-corrected chi connectivity index (χ2v) is 7.85. The van der Waals surface area contributed by atoms with E-state index in [4.69, 9.17) is 9.57 Å². The number of hydrogen-bond acceptors (Lipinski definition) is 8. The van der Waals surface area contributed by atoms with Crippen LogP contribution in [-0.2, 0) is 32.3 Å². The van der Waals surface area contributed by atoms with E-state index in [2.05, 4.69) is 20.8 Å². The number of carbonyl (C=O) groups excluding carboxylic acids is 2. The highest BCUT2D eigenvalue weighted by Crippen LogP contribution is 2.16. The normalized spacial score (nSPS) is 11.5. The molecule has 0 spiro atoms. The van der Waals surface area contributed by atoms with Gasteiger partial charge in [0.25, 0.3) is 0 Å². The lowest BCUT2D eigenvalue weighted by Crippen LogP contribution is -2.32. The lowest BCUT2D eigenvalue weighted by Gasteiger charge is -2.19. The second kappa shape index (κ2) is 10.3. The van der Waals surface area contributed by atoms with E-state index in [0.29, 0.717) is 13.0 Å². The van der Waals surface area contributed by atoms with Crippen LogP contribution < -0.4 is 10.6 Å². The van der Waals surface area contributed by atoms with E-state index in [0.717, 1.165) is 22.5 Å². The molecule has 0 aliphatic carbocycles. The molecule has 1 aromatic carbocycles. The Morgan fingerprint density at radius 3 is 2.50 bits per heavy atom. The number of benzene rings is 1. The fourth-order valence-electron chi connectivity index (χ4n) is 2.11. The monoisotopic (exact) mass is 434 g/mol. The number of thiazole rings is 1. The molecule has 3 N–H and O–H groups in total. The number of hydrogen-bond donors (Lipinski definition) is 3. The lowest BCUT2D eigenvalue weighted by atomic mass is 10.1. The first-order valence-electron chi connectivity index (χ1n) is 8.82. The quantitative estimate of drug-likeness (QED) is 0.313. The molecule has 0 atom stereocenters. The number of nitrogens with one attached hydrogen (secondary N) is 2. The number of anilines is 1. The maximum atomic E-state index is 11.7. The van der Waals surface area contributed by atoms with Gasteiger partial charge in [0.2, 0.25) is 12.1 Å². The van der Waals surface area contributed by atoms with Crippen LogP contribution in [-0.4, -0.2) is 39.9 Å². The minimum atomic E-state index is -1.30. The highest BCUT2D eigenvalue weighted by Gasteiger charge is 2.18. The highest BCUT2D eigenvalue weighted by molar-refractivity contribution is 7.14. The first kappa shape index (κ1) is 22.8. The van der Waals surface area contributed by atoms with Gasteiger partial charge in [0, 0.05) is 11.9 Å². The first-order chi connectivity index (χ1) is 14.2. The lowest BCUT2D eigenvalue weighted by molar-refractivity contribution is -0.129. The number of carboxylic acid groups (broad SMARTS) is 1. The van der Waals surface area contributed by atoms with E-state index < -0.39 is 17.7 Å². The van der Waals surface area contributed by atoms with Gasteiger partial charge in [-0.1, -0.05) is 29.4 Å². The summed E-state index contributed by atoms with van der Waals surface area (Å²) in [7, 11) is 0. The molecule has 0 saturated heterocycles. The predicted octanol–water partition coefficient (Wildman–Crippen LogP) is 2.74. The summed E-state index contributed by atoms with van der Waals surface area (Å²) in [6.07, 6.45) is -0.0531. The van der Waals surface area contributed by atoms with Crippen molar-refractivity contribution in [2.45, 2.75) is 39.5 Å². The van der Waals surface area contributed by atoms with Crippen LogP contribution in [0.3, 0.4) is 0 Å². The number of nitrogens with zero attached hydrogens (tertiary/aromatic N) is 2. The Labute approximate surface area is 176 Å². The Kier molecular flexibility index (Phi) is 7.87. The summed E-state index contributed by atoms with van der Waals surface area (Å²) in [5.41, 5.74) is 0.762. The zero-order valence-electron chi connectivity index (χ0n) is 16.7. The fraction of sp³-hybridized carbons (Fsp3) is 0.316. The summed E-state index contributed by atoms with van der Waals surface area (Å²) in [6, 6.07) is 7.15. The van der Waals surface area contributed by atoms with E-state index in [1.165, 1.54) is 5.38 Å². The number of ether oxygens (including phenoxy) is 1. The molecule has 2 aromatic rings. The molecule has 1 heterocycles. The number of alkyl carbamates (subject to hydrolysis) is 1. The van der Waals surface area contributed by atoms with Crippen LogP contribution in [0, 0.1) is 0 Å². The third-order valence-corrected chi connectivity index (χ3v) is 4.15. The van der Waals surface area contributed by atoms with Crippen molar-refractivity contribution in [2.75, 3.05) is 5.32 Å². The molecule has 0 aliphatic rings. The van der Waals surface area contributed by atoms with Gasteiger partial charge in [0.05, 0.1) is 0 Å². The summed E-state index contributed by atoms with van der Waals surface area (Å²) in [6.45, 7) is 5.71. The largest absolute Gasteiger partial charge is 0.476 e. The number of aromatic nitrogens is 1. The Morgan fingerprint density at radius 2 is 1.90 bits per heavy atom. The van der Waals surface area contributed by atoms with Crippen molar-refractivity contribution in [3.8, 4) is 0 Å². The Morgan fingerprint density at radius 1 is 1.23 bits per heavy atom. The van der Waals surface area contributed by atoms with E-state index >= 15 is 0 Å². The van der Waals surface area contributed by atoms with Crippen molar-refractivity contribution in [1.29, 1.82) is 0 Å². The Balaban J connectivity index is 1.90. The van der Waals surface area contributed by atoms with E-state index in [1.807, 2.05) is 0 Å². The topological polar surface area (TPSA) is 139 Å². The zero-order valence-corrected chi connectivity index (χ0v) is 17.5. The Bertz CT molecular complexity index is 918. The number of rotatable bonds is 9. The smallest absolute Gasteiger partial charge is 0.407 e. The maximum absolute atomic E-state index is 11.7. The molecule has 2 amide bonds. The first-order valence-corrected chi connectivity index (χ1v) is 9.70. The average molecular weight is 434 g/mol. The summed E-state index contributed by atoms with van der Waals surface area (Å²) in [5.74, 6) is -1.30. The van der Waals surface area contributed by atoms with Crippen molar-refractivity contribution in [3.05, 3.63) is 46.5 Å². The van der Waals surface area contributed by atoms with E-state index in [-0.39, 0.29) is 23.1 Å². The van der Waals surface area contributed by atoms with Crippen molar-refractivity contribution in [2.24, 2.45) is 5.16 Å². The minimum Gasteiger partial charge on any atom is -0.476 e. The van der Waals surface area contributed by atoms with Crippen LogP contribution >= 0.6 is 11.3 Å².